The molecule has 1 atom stereocenters. The zero-order valence-corrected chi connectivity index (χ0v) is 12.7. The second-order valence-electron chi connectivity index (χ2n) is 5.51. The fourth-order valence-electron chi connectivity index (χ4n) is 3.08. The summed E-state index contributed by atoms with van der Waals surface area (Å²) in [5.41, 5.74) is 2.59. The molecule has 0 amide bonds. The summed E-state index contributed by atoms with van der Waals surface area (Å²) in [4.78, 5) is 4.89. The van der Waals surface area contributed by atoms with E-state index in [1.807, 2.05) is 12.1 Å². The van der Waals surface area contributed by atoms with Crippen LogP contribution >= 0.6 is 0 Å². The van der Waals surface area contributed by atoms with E-state index in [2.05, 4.69) is 59.3 Å². The Bertz CT molecular complexity index is 568. The van der Waals surface area contributed by atoms with Crippen molar-refractivity contribution in [3.8, 4) is 5.75 Å². The minimum absolute atomic E-state index is 0.299. The van der Waals surface area contributed by atoms with Crippen LogP contribution in [0.4, 0.5) is 5.69 Å². The van der Waals surface area contributed by atoms with E-state index >= 15 is 0 Å². The molecule has 110 valence electrons. The molecule has 2 aromatic rings. The maximum atomic E-state index is 5.26. The molecule has 1 aliphatic rings. The molecule has 3 nitrogen and oxygen atoms in total. The molecule has 0 bridgehead atoms. The van der Waals surface area contributed by atoms with Gasteiger partial charge in [0.05, 0.1) is 7.11 Å². The van der Waals surface area contributed by atoms with Crippen molar-refractivity contribution in [1.29, 1.82) is 0 Å². The zero-order chi connectivity index (χ0) is 14.7. The highest BCUT2D eigenvalue weighted by atomic mass is 16.5. The predicted octanol–water partition coefficient (Wildman–Crippen LogP) is 3.54. The standard InChI is InChI=1S/C18H22N2O/c1-19-13-6-14-20(16-9-11-17(21-2)12-10-16)18(19)15-7-4-3-5-8-15/h3-5,7-12,18H,6,13-14H2,1-2H3. The van der Waals surface area contributed by atoms with Crippen LogP contribution in [0.3, 0.4) is 0 Å². The third kappa shape index (κ3) is 2.88. The fourth-order valence-corrected chi connectivity index (χ4v) is 3.08. The number of hydrogen-bond donors (Lipinski definition) is 0. The zero-order valence-electron chi connectivity index (χ0n) is 12.7. The van der Waals surface area contributed by atoms with Gasteiger partial charge in [0, 0.05) is 18.8 Å². The smallest absolute Gasteiger partial charge is 0.119 e. The SMILES string of the molecule is COc1ccc(N2CCCN(C)C2c2ccccc2)cc1. The molecule has 3 rings (SSSR count). The third-order valence-corrected chi connectivity index (χ3v) is 4.12. The van der Waals surface area contributed by atoms with E-state index in [9.17, 15) is 0 Å². The van der Waals surface area contributed by atoms with Gasteiger partial charge in [-0.05, 0) is 43.3 Å². The second kappa shape index (κ2) is 6.19. The summed E-state index contributed by atoms with van der Waals surface area (Å²) in [6.07, 6.45) is 1.49. The van der Waals surface area contributed by atoms with Crippen molar-refractivity contribution in [3.05, 3.63) is 60.2 Å². The number of rotatable bonds is 3. The van der Waals surface area contributed by atoms with Gasteiger partial charge in [0.15, 0.2) is 0 Å². The van der Waals surface area contributed by atoms with Crippen LogP contribution in [0.25, 0.3) is 0 Å². The van der Waals surface area contributed by atoms with Crippen LogP contribution < -0.4 is 9.64 Å². The van der Waals surface area contributed by atoms with Gasteiger partial charge >= 0.3 is 0 Å². The van der Waals surface area contributed by atoms with Crippen molar-refractivity contribution in [2.24, 2.45) is 0 Å². The first kappa shape index (κ1) is 14.0. The summed E-state index contributed by atoms with van der Waals surface area (Å²) >= 11 is 0. The second-order valence-corrected chi connectivity index (χ2v) is 5.51. The number of ether oxygens (including phenoxy) is 1. The molecule has 0 N–H and O–H groups in total. The molecule has 1 saturated heterocycles. The molecule has 1 aliphatic heterocycles. The highest BCUT2D eigenvalue weighted by molar-refractivity contribution is 5.51. The first-order valence-corrected chi connectivity index (χ1v) is 7.45. The molecule has 0 spiro atoms. The summed E-state index contributed by atoms with van der Waals surface area (Å²) in [7, 11) is 3.91. The molecule has 0 aromatic heterocycles. The van der Waals surface area contributed by atoms with Crippen LogP contribution in [-0.4, -0.2) is 32.1 Å². The van der Waals surface area contributed by atoms with Gasteiger partial charge in [-0.1, -0.05) is 30.3 Å². The Morgan fingerprint density at radius 2 is 1.67 bits per heavy atom. The molecule has 3 heteroatoms. The van der Waals surface area contributed by atoms with Gasteiger partial charge in [0.25, 0.3) is 0 Å². The number of nitrogens with zero attached hydrogens (tertiary/aromatic N) is 2. The Kier molecular flexibility index (Phi) is 4.11. The van der Waals surface area contributed by atoms with Crippen molar-refractivity contribution in [2.45, 2.75) is 12.6 Å². The van der Waals surface area contributed by atoms with Crippen molar-refractivity contribution >= 4 is 5.69 Å². The van der Waals surface area contributed by atoms with E-state index < -0.39 is 0 Å². The Morgan fingerprint density at radius 1 is 0.952 bits per heavy atom. The minimum atomic E-state index is 0.299. The number of benzene rings is 2. The van der Waals surface area contributed by atoms with Gasteiger partial charge in [-0.25, -0.2) is 0 Å². The molecule has 0 radical (unpaired) electrons. The molecule has 2 aromatic carbocycles. The number of anilines is 1. The summed E-state index contributed by atoms with van der Waals surface area (Å²) in [6.45, 7) is 2.21. The average molecular weight is 282 g/mol. The highest BCUT2D eigenvalue weighted by Gasteiger charge is 2.28. The third-order valence-electron chi connectivity index (χ3n) is 4.12. The molecule has 0 saturated carbocycles. The van der Waals surface area contributed by atoms with E-state index in [0.717, 1.165) is 18.8 Å². The lowest BCUT2D eigenvalue weighted by Gasteiger charge is -2.44. The van der Waals surface area contributed by atoms with Crippen LogP contribution in [0.15, 0.2) is 54.6 Å². The van der Waals surface area contributed by atoms with Gasteiger partial charge in [-0.3, -0.25) is 4.90 Å². The Hall–Kier alpha value is -2.00. The van der Waals surface area contributed by atoms with Gasteiger partial charge in [-0.15, -0.1) is 0 Å². The first-order valence-electron chi connectivity index (χ1n) is 7.45. The van der Waals surface area contributed by atoms with Crippen molar-refractivity contribution < 1.29 is 4.74 Å². The molecule has 21 heavy (non-hydrogen) atoms. The normalized spacial score (nSPS) is 19.5. The van der Waals surface area contributed by atoms with E-state index in [1.165, 1.54) is 17.7 Å². The Balaban J connectivity index is 1.93. The highest BCUT2D eigenvalue weighted by Crippen LogP contribution is 2.33. The fraction of sp³-hybridized carbons (Fsp3) is 0.333. The monoisotopic (exact) mass is 282 g/mol. The van der Waals surface area contributed by atoms with Crippen molar-refractivity contribution in [3.63, 3.8) is 0 Å². The summed E-state index contributed by atoms with van der Waals surface area (Å²) < 4.78 is 5.26. The predicted molar refractivity (Wildman–Crippen MR) is 86.8 cm³/mol. The van der Waals surface area contributed by atoms with Gasteiger partial charge < -0.3 is 9.64 Å². The van der Waals surface area contributed by atoms with Gasteiger partial charge in [0.2, 0.25) is 0 Å². The van der Waals surface area contributed by atoms with Crippen LogP contribution in [0, 0.1) is 0 Å². The minimum Gasteiger partial charge on any atom is -0.497 e. The summed E-state index contributed by atoms with van der Waals surface area (Å²) in [5.74, 6) is 0.903. The van der Waals surface area contributed by atoms with E-state index in [1.54, 1.807) is 7.11 Å². The molecular weight excluding hydrogens is 260 g/mol. The van der Waals surface area contributed by atoms with E-state index in [4.69, 9.17) is 4.74 Å². The lowest BCUT2D eigenvalue weighted by atomic mass is 10.1. The molecule has 1 fully saturated rings. The maximum absolute atomic E-state index is 5.26. The largest absolute Gasteiger partial charge is 0.497 e. The Morgan fingerprint density at radius 3 is 2.33 bits per heavy atom. The average Bonchev–Trinajstić information content (AvgIpc) is 2.55. The van der Waals surface area contributed by atoms with E-state index in [0.29, 0.717) is 6.17 Å². The van der Waals surface area contributed by atoms with E-state index in [-0.39, 0.29) is 0 Å². The summed E-state index contributed by atoms with van der Waals surface area (Å²) in [6, 6.07) is 19.1. The van der Waals surface area contributed by atoms with Crippen LogP contribution in [0.1, 0.15) is 18.2 Å². The molecule has 1 unspecified atom stereocenters. The molecule has 1 heterocycles. The number of hydrogen-bond acceptors (Lipinski definition) is 3. The lowest BCUT2D eigenvalue weighted by molar-refractivity contribution is 0.201. The van der Waals surface area contributed by atoms with Crippen LogP contribution in [0.2, 0.25) is 0 Å². The molecule has 0 aliphatic carbocycles. The van der Waals surface area contributed by atoms with Crippen molar-refractivity contribution in [1.82, 2.24) is 4.90 Å². The van der Waals surface area contributed by atoms with Crippen molar-refractivity contribution in [2.75, 3.05) is 32.1 Å². The van der Waals surface area contributed by atoms with Gasteiger partial charge in [0.1, 0.15) is 11.9 Å². The lowest BCUT2D eigenvalue weighted by Crippen LogP contribution is -2.46. The van der Waals surface area contributed by atoms with Crippen LogP contribution in [0.5, 0.6) is 5.75 Å². The quantitative estimate of drug-likeness (QED) is 0.856. The number of methoxy groups -OCH3 is 1. The first-order chi connectivity index (χ1) is 10.3. The molecular formula is C18H22N2O. The van der Waals surface area contributed by atoms with Gasteiger partial charge in [-0.2, -0.15) is 0 Å². The Labute approximate surface area is 126 Å². The summed E-state index contributed by atoms with van der Waals surface area (Å²) in [5, 5.41) is 0. The topological polar surface area (TPSA) is 15.7 Å². The maximum Gasteiger partial charge on any atom is 0.119 e. The van der Waals surface area contributed by atoms with Crippen LogP contribution in [-0.2, 0) is 0 Å².